The van der Waals surface area contributed by atoms with Gasteiger partial charge >= 0.3 is 11.9 Å². The summed E-state index contributed by atoms with van der Waals surface area (Å²) in [4.78, 5) is 22.5. The Labute approximate surface area is 97.4 Å². The number of esters is 2. The molecule has 0 atom stereocenters. The lowest BCUT2D eigenvalue weighted by atomic mass is 10.2. The average molecular weight is 230 g/mol. The standard InChI is InChI=1S/C12H10N2O3/c1-2-11(15)17-12(16)10-7-8-5-3-4-6-9(8)13-14-10/h3-7H,2H2,1H3. The first-order chi connectivity index (χ1) is 8.20. The Morgan fingerprint density at radius 3 is 2.76 bits per heavy atom. The maximum absolute atomic E-state index is 11.5. The molecule has 17 heavy (non-hydrogen) atoms. The van der Waals surface area contributed by atoms with Crippen molar-refractivity contribution in [2.24, 2.45) is 0 Å². The minimum absolute atomic E-state index is 0.0329. The lowest BCUT2D eigenvalue weighted by Gasteiger charge is -2.01. The van der Waals surface area contributed by atoms with E-state index in [-0.39, 0.29) is 12.1 Å². The number of ether oxygens (including phenoxy) is 1. The van der Waals surface area contributed by atoms with Gasteiger partial charge in [0.1, 0.15) is 0 Å². The van der Waals surface area contributed by atoms with E-state index in [1.54, 1.807) is 19.1 Å². The molecule has 86 valence electrons. The van der Waals surface area contributed by atoms with E-state index < -0.39 is 11.9 Å². The minimum atomic E-state index is -0.768. The van der Waals surface area contributed by atoms with Crippen LogP contribution in [0.15, 0.2) is 30.3 Å². The molecule has 0 saturated carbocycles. The highest BCUT2D eigenvalue weighted by Gasteiger charge is 2.14. The molecule has 0 N–H and O–H groups in total. The quantitative estimate of drug-likeness (QED) is 0.580. The number of nitrogens with zero attached hydrogens (tertiary/aromatic N) is 2. The molecule has 5 heteroatoms. The van der Waals surface area contributed by atoms with Crippen molar-refractivity contribution in [2.75, 3.05) is 0 Å². The van der Waals surface area contributed by atoms with Gasteiger partial charge in [0, 0.05) is 11.8 Å². The molecular formula is C12H10N2O3. The number of carbonyl (C=O) groups is 2. The van der Waals surface area contributed by atoms with Crippen LogP contribution in [0.4, 0.5) is 0 Å². The van der Waals surface area contributed by atoms with Gasteiger partial charge in [0.05, 0.1) is 5.52 Å². The highest BCUT2D eigenvalue weighted by Crippen LogP contribution is 2.11. The van der Waals surface area contributed by atoms with Crippen molar-refractivity contribution >= 4 is 22.8 Å². The summed E-state index contributed by atoms with van der Waals surface area (Å²) in [6, 6.07) is 8.80. The van der Waals surface area contributed by atoms with Gasteiger partial charge in [0.15, 0.2) is 5.69 Å². The first-order valence-electron chi connectivity index (χ1n) is 5.18. The Bertz CT molecular complexity index is 581. The third-order valence-corrected chi connectivity index (χ3v) is 2.20. The van der Waals surface area contributed by atoms with E-state index in [0.717, 1.165) is 5.39 Å². The zero-order valence-electron chi connectivity index (χ0n) is 9.21. The lowest BCUT2D eigenvalue weighted by Crippen LogP contribution is -2.13. The molecular weight excluding hydrogens is 220 g/mol. The first kappa shape index (κ1) is 11.2. The van der Waals surface area contributed by atoms with Crippen LogP contribution in [-0.4, -0.2) is 22.1 Å². The Hall–Kier alpha value is -2.30. The van der Waals surface area contributed by atoms with Crippen molar-refractivity contribution < 1.29 is 14.3 Å². The summed E-state index contributed by atoms with van der Waals surface area (Å²) < 4.78 is 4.55. The van der Waals surface area contributed by atoms with E-state index in [1.165, 1.54) is 0 Å². The first-order valence-corrected chi connectivity index (χ1v) is 5.18. The number of rotatable bonds is 2. The van der Waals surface area contributed by atoms with Crippen LogP contribution in [0.2, 0.25) is 0 Å². The number of hydrogen-bond acceptors (Lipinski definition) is 5. The molecule has 0 spiro atoms. The number of hydrogen-bond donors (Lipinski definition) is 0. The number of benzene rings is 1. The molecule has 0 saturated heterocycles. The number of carbonyl (C=O) groups excluding carboxylic acids is 2. The molecule has 0 fully saturated rings. The van der Waals surface area contributed by atoms with E-state index in [4.69, 9.17) is 0 Å². The summed E-state index contributed by atoms with van der Waals surface area (Å²) >= 11 is 0. The van der Waals surface area contributed by atoms with Gasteiger partial charge in [-0.15, -0.1) is 10.2 Å². The number of aromatic nitrogens is 2. The van der Waals surface area contributed by atoms with Gasteiger partial charge in [-0.05, 0) is 12.1 Å². The van der Waals surface area contributed by atoms with Crippen molar-refractivity contribution in [1.82, 2.24) is 10.2 Å². The van der Waals surface area contributed by atoms with Crippen molar-refractivity contribution in [3.63, 3.8) is 0 Å². The van der Waals surface area contributed by atoms with Crippen molar-refractivity contribution in [1.29, 1.82) is 0 Å². The monoisotopic (exact) mass is 230 g/mol. The maximum Gasteiger partial charge on any atom is 0.366 e. The number of fused-ring (bicyclic) bond motifs is 1. The Balaban J connectivity index is 2.30. The second-order valence-corrected chi connectivity index (χ2v) is 3.40. The van der Waals surface area contributed by atoms with Gasteiger partial charge in [-0.1, -0.05) is 25.1 Å². The Kier molecular flexibility index (Phi) is 3.09. The second kappa shape index (κ2) is 4.69. The molecule has 0 unspecified atom stereocenters. The second-order valence-electron chi connectivity index (χ2n) is 3.40. The van der Waals surface area contributed by atoms with E-state index >= 15 is 0 Å². The smallest absolute Gasteiger partial charge is 0.366 e. The highest BCUT2D eigenvalue weighted by atomic mass is 16.6. The van der Waals surface area contributed by atoms with Crippen LogP contribution in [0.5, 0.6) is 0 Å². The summed E-state index contributed by atoms with van der Waals surface area (Å²) in [5.41, 5.74) is 0.719. The van der Waals surface area contributed by atoms with Crippen LogP contribution in [-0.2, 0) is 9.53 Å². The van der Waals surface area contributed by atoms with E-state index in [2.05, 4.69) is 14.9 Å². The maximum atomic E-state index is 11.5. The summed E-state index contributed by atoms with van der Waals surface area (Å²) in [5.74, 6) is -1.35. The largest absolute Gasteiger partial charge is 0.388 e. The molecule has 0 radical (unpaired) electrons. The van der Waals surface area contributed by atoms with Crippen LogP contribution >= 0.6 is 0 Å². The Morgan fingerprint density at radius 2 is 2.00 bits per heavy atom. The fraction of sp³-hybridized carbons (Fsp3) is 0.167. The van der Waals surface area contributed by atoms with Gasteiger partial charge < -0.3 is 4.74 Å². The predicted molar refractivity (Wildman–Crippen MR) is 60.3 cm³/mol. The molecule has 1 heterocycles. The third-order valence-electron chi connectivity index (χ3n) is 2.20. The molecule has 2 rings (SSSR count). The Morgan fingerprint density at radius 1 is 1.24 bits per heavy atom. The van der Waals surface area contributed by atoms with Crippen LogP contribution in [0.25, 0.3) is 10.9 Å². The normalized spacial score (nSPS) is 10.2. The predicted octanol–water partition coefficient (Wildman–Crippen LogP) is 1.72. The molecule has 2 aromatic rings. The zero-order valence-corrected chi connectivity index (χ0v) is 9.21. The summed E-state index contributed by atoms with van der Waals surface area (Å²) in [5, 5.41) is 8.37. The zero-order chi connectivity index (χ0) is 12.3. The van der Waals surface area contributed by atoms with Crippen LogP contribution in [0, 0.1) is 0 Å². The average Bonchev–Trinajstić information content (AvgIpc) is 2.38. The van der Waals surface area contributed by atoms with Crippen LogP contribution in [0.1, 0.15) is 23.8 Å². The molecule has 0 aliphatic heterocycles. The molecule has 5 nitrogen and oxygen atoms in total. The van der Waals surface area contributed by atoms with Crippen molar-refractivity contribution in [3.05, 3.63) is 36.0 Å². The topological polar surface area (TPSA) is 69.2 Å². The van der Waals surface area contributed by atoms with E-state index in [1.807, 2.05) is 18.2 Å². The van der Waals surface area contributed by atoms with Gasteiger partial charge in [-0.3, -0.25) is 4.79 Å². The van der Waals surface area contributed by atoms with Gasteiger partial charge in [0.2, 0.25) is 0 Å². The van der Waals surface area contributed by atoms with Gasteiger partial charge in [-0.25, -0.2) is 4.79 Å². The summed E-state index contributed by atoms with van der Waals surface area (Å²) in [7, 11) is 0. The summed E-state index contributed by atoms with van der Waals surface area (Å²) in [6.07, 6.45) is 0.146. The molecule has 0 aliphatic rings. The van der Waals surface area contributed by atoms with Crippen LogP contribution < -0.4 is 0 Å². The summed E-state index contributed by atoms with van der Waals surface area (Å²) in [6.45, 7) is 1.61. The molecule has 0 aliphatic carbocycles. The fourth-order valence-corrected chi connectivity index (χ4v) is 1.31. The van der Waals surface area contributed by atoms with Gasteiger partial charge in [-0.2, -0.15) is 0 Å². The van der Waals surface area contributed by atoms with Crippen LogP contribution in [0.3, 0.4) is 0 Å². The lowest BCUT2D eigenvalue weighted by molar-refractivity contribution is -0.137. The van der Waals surface area contributed by atoms with Gasteiger partial charge in [0.25, 0.3) is 0 Å². The molecule has 1 aromatic heterocycles. The van der Waals surface area contributed by atoms with Crippen molar-refractivity contribution in [2.45, 2.75) is 13.3 Å². The van der Waals surface area contributed by atoms with E-state index in [9.17, 15) is 9.59 Å². The minimum Gasteiger partial charge on any atom is -0.388 e. The van der Waals surface area contributed by atoms with Crippen molar-refractivity contribution in [3.8, 4) is 0 Å². The third kappa shape index (κ3) is 2.44. The molecule has 0 amide bonds. The SMILES string of the molecule is CCC(=O)OC(=O)c1cc2ccccc2nn1. The fourth-order valence-electron chi connectivity index (χ4n) is 1.31. The van der Waals surface area contributed by atoms with E-state index in [0.29, 0.717) is 5.52 Å². The molecule has 0 bridgehead atoms. The molecule has 1 aromatic carbocycles. The highest BCUT2D eigenvalue weighted by molar-refractivity contribution is 5.97.